The number of nitrogens with zero attached hydrogens (tertiary/aromatic N) is 1. The Balaban J connectivity index is 2.21. The summed E-state index contributed by atoms with van der Waals surface area (Å²) in [5.74, 6) is 0.883. The predicted octanol–water partition coefficient (Wildman–Crippen LogP) is 3.20. The Hall–Kier alpha value is -1.83. The van der Waals surface area contributed by atoms with E-state index in [-0.39, 0.29) is 0 Å². The van der Waals surface area contributed by atoms with Crippen LogP contribution in [0, 0.1) is 13.8 Å². The molecule has 0 spiro atoms. The maximum Gasteiger partial charge on any atom is 0.129 e. The third-order valence-electron chi connectivity index (χ3n) is 2.48. The standard InChI is InChI=1S/C13H14N2/c1-10-3-4-12(9-11(10)2)5-6-13-14-7-8-15-13/h3-9H,1-2H3,(H,14,15). The van der Waals surface area contributed by atoms with E-state index in [1.165, 1.54) is 16.7 Å². The summed E-state index contributed by atoms with van der Waals surface area (Å²) in [5.41, 5.74) is 3.84. The van der Waals surface area contributed by atoms with Gasteiger partial charge in [0.05, 0.1) is 0 Å². The molecule has 0 bridgehead atoms. The summed E-state index contributed by atoms with van der Waals surface area (Å²) < 4.78 is 0. The number of rotatable bonds is 2. The lowest BCUT2D eigenvalue weighted by atomic mass is 10.1. The van der Waals surface area contributed by atoms with Crippen LogP contribution in [0.25, 0.3) is 12.2 Å². The zero-order valence-electron chi connectivity index (χ0n) is 8.99. The number of benzene rings is 1. The summed E-state index contributed by atoms with van der Waals surface area (Å²) >= 11 is 0. The molecule has 0 saturated heterocycles. The van der Waals surface area contributed by atoms with E-state index in [1.54, 1.807) is 6.20 Å². The Labute approximate surface area is 89.7 Å². The lowest BCUT2D eigenvalue weighted by Gasteiger charge is -2.00. The fraction of sp³-hybridized carbons (Fsp3) is 0.154. The Morgan fingerprint density at radius 3 is 2.67 bits per heavy atom. The molecule has 0 atom stereocenters. The van der Waals surface area contributed by atoms with Crippen molar-refractivity contribution < 1.29 is 0 Å². The highest BCUT2D eigenvalue weighted by molar-refractivity contribution is 5.67. The third kappa shape index (κ3) is 2.34. The van der Waals surface area contributed by atoms with E-state index in [0.29, 0.717) is 0 Å². The average molecular weight is 198 g/mol. The number of hydrogen-bond donors (Lipinski definition) is 1. The van der Waals surface area contributed by atoms with Crippen molar-refractivity contribution in [3.8, 4) is 0 Å². The first kappa shape index (κ1) is 9.71. The van der Waals surface area contributed by atoms with E-state index in [9.17, 15) is 0 Å². The number of aromatic nitrogens is 2. The van der Waals surface area contributed by atoms with Gasteiger partial charge in [-0.2, -0.15) is 0 Å². The summed E-state index contributed by atoms with van der Waals surface area (Å²) in [7, 11) is 0. The molecule has 0 aliphatic heterocycles. The summed E-state index contributed by atoms with van der Waals surface area (Å²) in [6.07, 6.45) is 7.61. The van der Waals surface area contributed by atoms with Crippen molar-refractivity contribution in [1.29, 1.82) is 0 Å². The van der Waals surface area contributed by atoms with Gasteiger partial charge in [0.25, 0.3) is 0 Å². The van der Waals surface area contributed by atoms with E-state index < -0.39 is 0 Å². The van der Waals surface area contributed by atoms with E-state index >= 15 is 0 Å². The molecule has 76 valence electrons. The second-order valence-corrected chi connectivity index (χ2v) is 3.65. The maximum atomic E-state index is 4.13. The van der Waals surface area contributed by atoms with Crippen molar-refractivity contribution in [1.82, 2.24) is 9.97 Å². The predicted molar refractivity (Wildman–Crippen MR) is 63.4 cm³/mol. The van der Waals surface area contributed by atoms with Crippen molar-refractivity contribution in [3.05, 3.63) is 53.1 Å². The number of hydrogen-bond acceptors (Lipinski definition) is 1. The molecule has 0 radical (unpaired) electrons. The van der Waals surface area contributed by atoms with Gasteiger partial charge in [-0.3, -0.25) is 0 Å². The molecule has 2 nitrogen and oxygen atoms in total. The highest BCUT2D eigenvalue weighted by atomic mass is 14.9. The lowest BCUT2D eigenvalue weighted by Crippen LogP contribution is -1.81. The van der Waals surface area contributed by atoms with Gasteiger partial charge in [0, 0.05) is 12.4 Å². The number of aromatic amines is 1. The zero-order chi connectivity index (χ0) is 10.7. The van der Waals surface area contributed by atoms with Crippen LogP contribution in [0.4, 0.5) is 0 Å². The highest BCUT2D eigenvalue weighted by Gasteiger charge is 1.93. The Kier molecular flexibility index (Phi) is 2.68. The maximum absolute atomic E-state index is 4.13. The fourth-order valence-corrected chi connectivity index (χ4v) is 1.41. The van der Waals surface area contributed by atoms with Crippen molar-refractivity contribution in [2.45, 2.75) is 13.8 Å². The minimum absolute atomic E-state index is 0.883. The molecule has 15 heavy (non-hydrogen) atoms. The molecule has 0 unspecified atom stereocenters. The van der Waals surface area contributed by atoms with Crippen molar-refractivity contribution >= 4 is 12.2 Å². The van der Waals surface area contributed by atoms with Crippen LogP contribution in [-0.4, -0.2) is 9.97 Å². The van der Waals surface area contributed by atoms with Crippen LogP contribution in [0.5, 0.6) is 0 Å². The van der Waals surface area contributed by atoms with Gasteiger partial charge in [-0.1, -0.05) is 24.3 Å². The summed E-state index contributed by atoms with van der Waals surface area (Å²) in [4.78, 5) is 7.16. The minimum Gasteiger partial charge on any atom is -0.345 e. The van der Waals surface area contributed by atoms with Crippen molar-refractivity contribution in [2.24, 2.45) is 0 Å². The second-order valence-electron chi connectivity index (χ2n) is 3.65. The first-order valence-electron chi connectivity index (χ1n) is 5.00. The molecular weight excluding hydrogens is 184 g/mol. The van der Waals surface area contributed by atoms with Gasteiger partial charge in [-0.15, -0.1) is 0 Å². The van der Waals surface area contributed by atoms with Gasteiger partial charge >= 0.3 is 0 Å². The zero-order valence-corrected chi connectivity index (χ0v) is 8.99. The van der Waals surface area contributed by atoms with Crippen molar-refractivity contribution in [2.75, 3.05) is 0 Å². The lowest BCUT2D eigenvalue weighted by molar-refractivity contribution is 1.27. The third-order valence-corrected chi connectivity index (χ3v) is 2.48. The number of imidazole rings is 1. The van der Waals surface area contributed by atoms with Gasteiger partial charge in [0.15, 0.2) is 0 Å². The molecule has 1 aromatic carbocycles. The molecule has 2 aromatic rings. The Bertz CT molecular complexity index is 467. The molecular formula is C13H14N2. The Morgan fingerprint density at radius 1 is 1.13 bits per heavy atom. The summed E-state index contributed by atoms with van der Waals surface area (Å²) in [6.45, 7) is 4.24. The summed E-state index contributed by atoms with van der Waals surface area (Å²) in [5, 5.41) is 0. The average Bonchev–Trinajstić information content (AvgIpc) is 2.73. The highest BCUT2D eigenvalue weighted by Crippen LogP contribution is 2.11. The first-order valence-corrected chi connectivity index (χ1v) is 5.00. The van der Waals surface area contributed by atoms with Crippen LogP contribution in [0.3, 0.4) is 0 Å². The SMILES string of the molecule is Cc1ccc(C=Cc2ncc[nH]2)cc1C. The largest absolute Gasteiger partial charge is 0.345 e. The number of aryl methyl sites for hydroxylation is 2. The molecule has 2 heteroatoms. The molecule has 1 N–H and O–H groups in total. The normalized spacial score (nSPS) is 11.1. The molecule has 0 fully saturated rings. The van der Waals surface area contributed by atoms with Gasteiger partial charge < -0.3 is 4.98 Å². The van der Waals surface area contributed by atoms with Crippen LogP contribution < -0.4 is 0 Å². The van der Waals surface area contributed by atoms with E-state index in [0.717, 1.165) is 5.82 Å². The van der Waals surface area contributed by atoms with Crippen LogP contribution >= 0.6 is 0 Å². The molecule has 0 aliphatic carbocycles. The first-order chi connectivity index (χ1) is 7.25. The van der Waals surface area contributed by atoms with Gasteiger partial charge in [0.2, 0.25) is 0 Å². The second kappa shape index (κ2) is 4.13. The topological polar surface area (TPSA) is 28.7 Å². The van der Waals surface area contributed by atoms with Crippen molar-refractivity contribution in [3.63, 3.8) is 0 Å². The van der Waals surface area contributed by atoms with E-state index in [4.69, 9.17) is 0 Å². The van der Waals surface area contributed by atoms with E-state index in [2.05, 4.69) is 48.1 Å². The minimum atomic E-state index is 0.883. The molecule has 2 rings (SSSR count). The fourth-order valence-electron chi connectivity index (χ4n) is 1.41. The molecule has 0 saturated carbocycles. The van der Waals surface area contributed by atoms with Crippen LogP contribution in [0.1, 0.15) is 22.5 Å². The van der Waals surface area contributed by atoms with Gasteiger partial charge in [0.1, 0.15) is 5.82 Å². The van der Waals surface area contributed by atoms with Crippen LogP contribution in [0.2, 0.25) is 0 Å². The van der Waals surface area contributed by atoms with Crippen LogP contribution in [0.15, 0.2) is 30.6 Å². The number of nitrogens with one attached hydrogen (secondary N) is 1. The number of H-pyrrole nitrogens is 1. The van der Waals surface area contributed by atoms with E-state index in [1.807, 2.05) is 12.3 Å². The monoisotopic (exact) mass is 198 g/mol. The smallest absolute Gasteiger partial charge is 0.129 e. The van der Waals surface area contributed by atoms with Gasteiger partial charge in [-0.05, 0) is 36.6 Å². The molecule has 0 aliphatic rings. The summed E-state index contributed by atoms with van der Waals surface area (Å²) in [6, 6.07) is 6.42. The Morgan fingerprint density at radius 2 is 2.00 bits per heavy atom. The molecule has 0 amide bonds. The quantitative estimate of drug-likeness (QED) is 0.788. The molecule has 1 heterocycles. The van der Waals surface area contributed by atoms with Gasteiger partial charge in [-0.25, -0.2) is 4.98 Å². The molecule has 1 aromatic heterocycles. The van der Waals surface area contributed by atoms with Crippen LogP contribution in [-0.2, 0) is 0 Å².